The van der Waals surface area contributed by atoms with Gasteiger partial charge in [0.15, 0.2) is 23.2 Å². The Kier molecular flexibility index (Phi) is 13.7. The fraction of sp³-hybridized carbons (Fsp3) is 0.688. The molecule has 1 unspecified atom stereocenters. The summed E-state index contributed by atoms with van der Waals surface area (Å²) in [5, 5.41) is 11.3. The van der Waals surface area contributed by atoms with E-state index in [0.717, 1.165) is 75.3 Å². The van der Waals surface area contributed by atoms with Crippen LogP contribution in [0.1, 0.15) is 108 Å². The van der Waals surface area contributed by atoms with E-state index in [1.54, 1.807) is 6.08 Å². The molecule has 0 amide bonds. The molecule has 0 aliphatic heterocycles. The summed E-state index contributed by atoms with van der Waals surface area (Å²) in [5.74, 6) is 1.25. The van der Waals surface area contributed by atoms with Crippen LogP contribution in [-0.2, 0) is 22.4 Å². The van der Waals surface area contributed by atoms with Gasteiger partial charge in [-0.15, -0.1) is 0 Å². The molecule has 1 aromatic carbocycles. The van der Waals surface area contributed by atoms with Gasteiger partial charge in [-0.1, -0.05) is 44.7 Å². The minimum atomic E-state index is 0.114. The summed E-state index contributed by atoms with van der Waals surface area (Å²) in [4.78, 5) is 16.6. The number of ketones is 1. The second kappa shape index (κ2) is 17.2. The summed E-state index contributed by atoms with van der Waals surface area (Å²) in [7, 11) is 0. The molecule has 218 valence electrons. The third-order valence-electron chi connectivity index (χ3n) is 7.92. The largest absolute Gasteiger partial charge is 0.504 e. The maximum Gasteiger partial charge on any atom is 0.185 e. The Hall–Kier alpha value is -2.54. The normalized spacial score (nSPS) is 17.5. The number of rotatable bonds is 17. The van der Waals surface area contributed by atoms with Crippen molar-refractivity contribution in [3.63, 3.8) is 0 Å². The lowest BCUT2D eigenvalue weighted by atomic mass is 9.92. The molecular formula is C32H51N3O4. The third-order valence-corrected chi connectivity index (χ3v) is 7.92. The van der Waals surface area contributed by atoms with Crippen LogP contribution in [0.3, 0.4) is 0 Å². The molecule has 1 atom stereocenters. The lowest BCUT2D eigenvalue weighted by molar-refractivity contribution is -0.114. The number of aliphatic imine (C=N–C) groups is 1. The maximum absolute atomic E-state index is 12.4. The zero-order chi connectivity index (χ0) is 27.9. The van der Waals surface area contributed by atoms with Crippen molar-refractivity contribution in [3.8, 4) is 11.5 Å². The highest BCUT2D eigenvalue weighted by molar-refractivity contribution is 5.89. The number of carbonyl (C=O) groups excluding carboxylic acids is 1. The van der Waals surface area contributed by atoms with Crippen LogP contribution >= 0.6 is 0 Å². The molecule has 3 rings (SSSR count). The third kappa shape index (κ3) is 11.6. The first-order valence-corrected chi connectivity index (χ1v) is 15.3. The summed E-state index contributed by atoms with van der Waals surface area (Å²) in [6, 6.07) is 4.00. The van der Waals surface area contributed by atoms with E-state index >= 15 is 0 Å². The second-order valence-electron chi connectivity index (χ2n) is 11.4. The number of hydrogen-bond acceptors (Lipinski definition) is 5. The van der Waals surface area contributed by atoms with E-state index in [0.29, 0.717) is 44.3 Å². The molecule has 7 nitrogen and oxygen atoms in total. The average molecular weight is 542 g/mol. The number of phenolic OH excluding ortho intramolecular Hbond substituents is 1. The Morgan fingerprint density at radius 1 is 1.10 bits per heavy atom. The van der Waals surface area contributed by atoms with Crippen LogP contribution in [0.25, 0.3) is 0 Å². The van der Waals surface area contributed by atoms with E-state index < -0.39 is 0 Å². The van der Waals surface area contributed by atoms with Crippen LogP contribution < -0.4 is 16.2 Å². The fourth-order valence-electron chi connectivity index (χ4n) is 5.68. The molecule has 0 heterocycles. The number of unbranched alkanes of at least 4 members (excludes halogenated alkanes) is 1. The molecule has 1 aromatic rings. The van der Waals surface area contributed by atoms with Gasteiger partial charge in [0.1, 0.15) is 0 Å². The van der Waals surface area contributed by atoms with Gasteiger partial charge in [-0.2, -0.15) is 0 Å². The molecule has 2 aliphatic rings. The summed E-state index contributed by atoms with van der Waals surface area (Å²) in [5.41, 5.74) is 12.9. The van der Waals surface area contributed by atoms with Gasteiger partial charge >= 0.3 is 0 Å². The molecule has 2 saturated carbocycles. The van der Waals surface area contributed by atoms with Crippen LogP contribution in [0.15, 0.2) is 29.3 Å². The van der Waals surface area contributed by atoms with Gasteiger partial charge in [0.2, 0.25) is 0 Å². The van der Waals surface area contributed by atoms with Crippen molar-refractivity contribution in [1.29, 1.82) is 0 Å². The number of allylic oxidation sites excluding steroid dienone is 2. The quantitative estimate of drug-likeness (QED) is 0.0944. The molecule has 0 radical (unpaired) electrons. The lowest BCUT2D eigenvalue weighted by Crippen LogP contribution is -2.24. The molecule has 2 fully saturated rings. The smallest absolute Gasteiger partial charge is 0.185 e. The first-order valence-electron chi connectivity index (χ1n) is 15.3. The van der Waals surface area contributed by atoms with E-state index in [1.807, 2.05) is 12.1 Å². The zero-order valence-electron chi connectivity index (χ0n) is 24.0. The van der Waals surface area contributed by atoms with Gasteiger partial charge in [-0.25, -0.2) is 0 Å². The summed E-state index contributed by atoms with van der Waals surface area (Å²) in [6.07, 6.45) is 19.9. The van der Waals surface area contributed by atoms with Gasteiger partial charge in [-0.05, 0) is 99.8 Å². The van der Waals surface area contributed by atoms with E-state index in [-0.39, 0.29) is 29.5 Å². The van der Waals surface area contributed by atoms with Crippen molar-refractivity contribution in [2.45, 2.75) is 122 Å². The number of nitrogens with zero attached hydrogens (tertiary/aromatic N) is 1. The van der Waals surface area contributed by atoms with Crippen molar-refractivity contribution in [2.75, 3.05) is 13.2 Å². The van der Waals surface area contributed by atoms with Crippen LogP contribution in [0.2, 0.25) is 0 Å². The Bertz CT molecular complexity index is 930. The monoisotopic (exact) mass is 541 g/mol. The maximum atomic E-state index is 12.4. The van der Waals surface area contributed by atoms with Gasteiger partial charge in [0.25, 0.3) is 0 Å². The number of hydrogen-bond donors (Lipinski definition) is 3. The van der Waals surface area contributed by atoms with Crippen molar-refractivity contribution >= 4 is 11.7 Å². The van der Waals surface area contributed by atoms with Crippen LogP contribution in [0, 0.1) is 5.92 Å². The Labute approximate surface area is 235 Å². The standard InChI is InChI=1S/C32H51N3O4/c1-2-3-5-12-27(36)18-17-24-20-26(31(37)30(22-24)39-29-15-8-9-16-29)21-25(11-10-19-35-32(33)34)23-38-28-13-6-4-7-14-28/h5,12,20,22,25,28-29,37H,2-4,6-11,13-19,21,23H2,1H3,(H4,33,34,35). The molecule has 0 saturated heterocycles. The summed E-state index contributed by atoms with van der Waals surface area (Å²) >= 11 is 0. The van der Waals surface area contributed by atoms with Crippen LogP contribution in [0.5, 0.6) is 11.5 Å². The highest BCUT2D eigenvalue weighted by Crippen LogP contribution is 2.37. The number of benzene rings is 1. The predicted octanol–water partition coefficient (Wildman–Crippen LogP) is 6.13. The van der Waals surface area contributed by atoms with Gasteiger partial charge in [-0.3, -0.25) is 9.79 Å². The minimum absolute atomic E-state index is 0.114. The van der Waals surface area contributed by atoms with E-state index in [9.17, 15) is 9.90 Å². The molecule has 0 aromatic heterocycles. The fourth-order valence-corrected chi connectivity index (χ4v) is 5.68. The first kappa shape index (κ1) is 31.0. The molecule has 0 bridgehead atoms. The van der Waals surface area contributed by atoms with Crippen LogP contribution in [-0.4, -0.2) is 42.2 Å². The molecule has 7 heteroatoms. The number of carbonyl (C=O) groups is 1. The van der Waals surface area contributed by atoms with Gasteiger partial charge in [0.05, 0.1) is 18.8 Å². The number of ether oxygens (including phenoxy) is 2. The van der Waals surface area contributed by atoms with Crippen molar-refractivity contribution in [2.24, 2.45) is 22.4 Å². The number of guanidine groups is 1. The van der Waals surface area contributed by atoms with Crippen molar-refractivity contribution < 1.29 is 19.4 Å². The Morgan fingerprint density at radius 3 is 2.54 bits per heavy atom. The number of nitrogens with two attached hydrogens (primary N) is 2. The number of aromatic hydroxyl groups is 1. The highest BCUT2D eigenvalue weighted by Gasteiger charge is 2.23. The first-order chi connectivity index (χ1) is 18.9. The zero-order valence-corrected chi connectivity index (χ0v) is 24.0. The van der Waals surface area contributed by atoms with E-state index in [4.69, 9.17) is 20.9 Å². The summed E-state index contributed by atoms with van der Waals surface area (Å²) in [6.45, 7) is 3.33. The Morgan fingerprint density at radius 2 is 1.82 bits per heavy atom. The SMILES string of the molecule is CCCC=CC(=O)CCc1cc(CC(CCCN=C(N)N)COC2CCCCC2)c(O)c(OC2CCCC2)c1. The van der Waals surface area contributed by atoms with E-state index in [1.165, 1.54) is 19.3 Å². The van der Waals surface area contributed by atoms with Crippen molar-refractivity contribution in [1.82, 2.24) is 0 Å². The van der Waals surface area contributed by atoms with E-state index in [2.05, 4.69) is 18.0 Å². The number of aryl methyl sites for hydroxylation is 1. The molecule has 5 N–H and O–H groups in total. The lowest BCUT2D eigenvalue weighted by Gasteiger charge is -2.26. The molecular weight excluding hydrogens is 490 g/mol. The Balaban J connectivity index is 1.75. The molecule has 39 heavy (non-hydrogen) atoms. The minimum Gasteiger partial charge on any atom is -0.504 e. The van der Waals surface area contributed by atoms with Crippen LogP contribution in [0.4, 0.5) is 0 Å². The van der Waals surface area contributed by atoms with Gasteiger partial charge < -0.3 is 26.0 Å². The number of phenols is 1. The van der Waals surface area contributed by atoms with Gasteiger partial charge in [0, 0.05) is 13.0 Å². The highest BCUT2D eigenvalue weighted by atomic mass is 16.5. The molecule has 0 spiro atoms. The van der Waals surface area contributed by atoms with Crippen molar-refractivity contribution in [3.05, 3.63) is 35.4 Å². The summed E-state index contributed by atoms with van der Waals surface area (Å²) < 4.78 is 12.7. The topological polar surface area (TPSA) is 120 Å². The molecule has 2 aliphatic carbocycles. The average Bonchev–Trinajstić information content (AvgIpc) is 3.44. The second-order valence-corrected chi connectivity index (χ2v) is 11.4. The predicted molar refractivity (Wildman–Crippen MR) is 158 cm³/mol.